The molecule has 0 radical (unpaired) electrons. The maximum absolute atomic E-state index is 13.9. The Balaban J connectivity index is 1.54. The molecule has 1 aliphatic heterocycles. The van der Waals surface area contributed by atoms with E-state index in [4.69, 9.17) is 42.9 Å². The molecular formula is C33H31Cl2N5O4. The van der Waals surface area contributed by atoms with E-state index < -0.39 is 16.8 Å². The van der Waals surface area contributed by atoms with Crippen LogP contribution in [-0.2, 0) is 23.4 Å². The van der Waals surface area contributed by atoms with Crippen molar-refractivity contribution in [3.8, 4) is 11.9 Å². The molecule has 226 valence electrons. The number of halogens is 2. The molecule has 44 heavy (non-hydrogen) atoms. The number of aldehydes is 1. The van der Waals surface area contributed by atoms with Crippen molar-refractivity contribution in [1.29, 1.82) is 5.26 Å². The molecule has 3 heterocycles. The minimum atomic E-state index is -1.34. The molecule has 2 atom stereocenters. The van der Waals surface area contributed by atoms with Gasteiger partial charge in [0.05, 0.1) is 30.9 Å². The third-order valence-electron chi connectivity index (χ3n) is 7.86. The zero-order chi connectivity index (χ0) is 31.3. The molecule has 0 saturated carbocycles. The first-order chi connectivity index (χ1) is 21.3. The average Bonchev–Trinajstić information content (AvgIpc) is 3.01. The number of aromatic nitrogens is 2. The van der Waals surface area contributed by atoms with Gasteiger partial charge >= 0.3 is 0 Å². The number of hydrogen-bond acceptors (Lipinski definition) is 8. The van der Waals surface area contributed by atoms with Crippen molar-refractivity contribution in [1.82, 2.24) is 20.2 Å². The average molecular weight is 633 g/mol. The van der Waals surface area contributed by atoms with Gasteiger partial charge in [-0.25, -0.2) is 4.98 Å². The number of allylic oxidation sites excluding steroid dienone is 2. The lowest BCUT2D eigenvalue weighted by molar-refractivity contribution is 0.0908. The number of rotatable bonds is 11. The first kappa shape index (κ1) is 31.4. The number of benzene rings is 1. The van der Waals surface area contributed by atoms with Gasteiger partial charge in [0, 0.05) is 55.5 Å². The van der Waals surface area contributed by atoms with Gasteiger partial charge in [0.25, 0.3) is 5.91 Å². The molecule has 1 N–H and O–H groups in total. The Morgan fingerprint density at radius 3 is 2.73 bits per heavy atom. The van der Waals surface area contributed by atoms with E-state index in [1.54, 1.807) is 19.3 Å². The molecule has 1 aliphatic carbocycles. The fourth-order valence-corrected chi connectivity index (χ4v) is 6.27. The third kappa shape index (κ3) is 6.26. The largest absolute Gasteiger partial charge is 0.481 e. The van der Waals surface area contributed by atoms with Crippen molar-refractivity contribution in [2.24, 2.45) is 5.92 Å². The Hall–Kier alpha value is -4.07. The van der Waals surface area contributed by atoms with Crippen LogP contribution in [0, 0.1) is 17.2 Å². The summed E-state index contributed by atoms with van der Waals surface area (Å²) in [7, 11) is 3.06. The quantitative estimate of drug-likeness (QED) is 0.223. The molecule has 11 heteroatoms. The van der Waals surface area contributed by atoms with E-state index in [1.807, 2.05) is 42.5 Å². The molecule has 3 aromatic rings. The summed E-state index contributed by atoms with van der Waals surface area (Å²) in [5, 5.41) is 11.8. The van der Waals surface area contributed by atoms with Crippen LogP contribution in [0.25, 0.3) is 5.57 Å². The van der Waals surface area contributed by atoms with Crippen LogP contribution in [0.2, 0.25) is 5.02 Å². The first-order valence-corrected chi connectivity index (χ1v) is 14.8. The maximum atomic E-state index is 13.9. The summed E-state index contributed by atoms with van der Waals surface area (Å²) in [4.78, 5) is 36.7. The molecule has 2 unspecified atom stereocenters. The third-order valence-corrected chi connectivity index (χ3v) is 8.77. The molecule has 2 aromatic heterocycles. The van der Waals surface area contributed by atoms with Gasteiger partial charge in [0.1, 0.15) is 11.2 Å². The van der Waals surface area contributed by atoms with Crippen LogP contribution in [0.5, 0.6) is 5.88 Å². The molecule has 0 bridgehead atoms. The van der Waals surface area contributed by atoms with E-state index in [1.165, 1.54) is 19.4 Å². The lowest BCUT2D eigenvalue weighted by Crippen LogP contribution is -2.52. The number of methoxy groups -OCH3 is 2. The minimum absolute atomic E-state index is 0.0847. The summed E-state index contributed by atoms with van der Waals surface area (Å²) in [5.41, 5.74) is 2.35. The van der Waals surface area contributed by atoms with Crippen molar-refractivity contribution >= 4 is 41.0 Å². The molecule has 9 nitrogen and oxygen atoms in total. The topological polar surface area (TPSA) is 117 Å². The van der Waals surface area contributed by atoms with Crippen LogP contribution in [0.15, 0.2) is 66.9 Å². The predicted octanol–water partition coefficient (Wildman–Crippen LogP) is 5.33. The lowest BCUT2D eigenvalue weighted by Gasteiger charge is -2.40. The summed E-state index contributed by atoms with van der Waals surface area (Å²) in [6.07, 6.45) is 8.03. The maximum Gasteiger partial charge on any atom is 0.270 e. The van der Waals surface area contributed by atoms with Crippen molar-refractivity contribution in [2.75, 3.05) is 27.3 Å². The number of amides is 1. The minimum Gasteiger partial charge on any atom is -0.481 e. The van der Waals surface area contributed by atoms with Gasteiger partial charge < -0.3 is 14.8 Å². The number of pyridine rings is 2. The summed E-state index contributed by atoms with van der Waals surface area (Å²) in [6, 6.07) is 14.9. The summed E-state index contributed by atoms with van der Waals surface area (Å²) >= 11 is 13.9. The number of carbonyl (C=O) groups excluding carboxylic acids is 2. The predicted molar refractivity (Wildman–Crippen MR) is 167 cm³/mol. The monoisotopic (exact) mass is 631 g/mol. The smallest absolute Gasteiger partial charge is 0.270 e. The highest BCUT2D eigenvalue weighted by molar-refractivity contribution is 6.34. The van der Waals surface area contributed by atoms with E-state index >= 15 is 0 Å². The number of nitriles is 1. The number of alkyl halides is 1. The normalized spacial score (nSPS) is 19.9. The zero-order valence-electron chi connectivity index (χ0n) is 24.3. The fraction of sp³-hybridized carbons (Fsp3) is 0.303. The van der Waals surface area contributed by atoms with Crippen molar-refractivity contribution < 1.29 is 19.1 Å². The van der Waals surface area contributed by atoms with Gasteiger partial charge in [-0.1, -0.05) is 54.1 Å². The molecule has 1 aromatic carbocycles. The Kier molecular flexibility index (Phi) is 9.77. The molecule has 2 aliphatic rings. The highest BCUT2D eigenvalue weighted by Crippen LogP contribution is 2.43. The van der Waals surface area contributed by atoms with Crippen LogP contribution < -0.4 is 10.1 Å². The Bertz CT molecular complexity index is 1660. The molecular weight excluding hydrogens is 601 g/mol. The molecule has 1 fully saturated rings. The molecule has 5 rings (SSSR count). The first-order valence-electron chi connectivity index (χ1n) is 14.0. The van der Waals surface area contributed by atoms with Crippen LogP contribution in [0.3, 0.4) is 0 Å². The van der Waals surface area contributed by atoms with E-state index in [9.17, 15) is 9.59 Å². The summed E-state index contributed by atoms with van der Waals surface area (Å²) < 4.78 is 10.9. The summed E-state index contributed by atoms with van der Waals surface area (Å²) in [6.45, 7) is 2.40. The van der Waals surface area contributed by atoms with Crippen LogP contribution in [-0.4, -0.2) is 59.7 Å². The van der Waals surface area contributed by atoms with Gasteiger partial charge in [-0.3, -0.25) is 19.5 Å². The SMILES string of the molecule is COCc1cc(C(=O)NC2(c3ccc(CN4CC(CC#N)C4)c(OC)n3)C=CC=C(c3ccccc3Cl)C2Cl)ncc1C=O. The second kappa shape index (κ2) is 13.7. The number of ether oxygens (including phenoxy) is 2. The van der Waals surface area contributed by atoms with Gasteiger partial charge in [0.15, 0.2) is 6.29 Å². The molecule has 1 amide bonds. The highest BCUT2D eigenvalue weighted by atomic mass is 35.5. The van der Waals surface area contributed by atoms with Gasteiger partial charge in [0.2, 0.25) is 5.88 Å². The van der Waals surface area contributed by atoms with E-state index in [2.05, 4.69) is 21.3 Å². The van der Waals surface area contributed by atoms with Crippen molar-refractivity contribution in [3.63, 3.8) is 0 Å². The second-order valence-corrected chi connectivity index (χ2v) is 11.6. The number of nitrogens with one attached hydrogen (secondary N) is 1. The Labute approximate surface area is 266 Å². The van der Waals surface area contributed by atoms with Gasteiger partial charge in [-0.2, -0.15) is 5.26 Å². The summed E-state index contributed by atoms with van der Waals surface area (Å²) in [5.74, 6) is 0.251. The van der Waals surface area contributed by atoms with Crippen LogP contribution in [0.4, 0.5) is 0 Å². The van der Waals surface area contributed by atoms with Crippen LogP contribution >= 0.6 is 23.2 Å². The Morgan fingerprint density at radius 1 is 1.23 bits per heavy atom. The lowest BCUT2D eigenvalue weighted by atomic mass is 9.80. The molecule has 0 spiro atoms. The van der Waals surface area contributed by atoms with E-state index in [0.717, 1.165) is 24.2 Å². The number of nitrogens with zero attached hydrogens (tertiary/aromatic N) is 4. The van der Waals surface area contributed by atoms with Gasteiger partial charge in [-0.05, 0) is 40.8 Å². The number of likely N-dealkylation sites (tertiary alicyclic amines) is 1. The Morgan fingerprint density at radius 2 is 2.02 bits per heavy atom. The number of carbonyl (C=O) groups is 2. The number of hydrogen-bond donors (Lipinski definition) is 1. The second-order valence-electron chi connectivity index (χ2n) is 10.8. The zero-order valence-corrected chi connectivity index (χ0v) is 25.8. The van der Waals surface area contributed by atoms with Crippen molar-refractivity contribution in [2.45, 2.75) is 30.5 Å². The van der Waals surface area contributed by atoms with Crippen molar-refractivity contribution in [3.05, 3.63) is 106 Å². The van der Waals surface area contributed by atoms with E-state index in [0.29, 0.717) is 58.5 Å². The van der Waals surface area contributed by atoms with Gasteiger partial charge in [-0.15, -0.1) is 11.6 Å². The highest BCUT2D eigenvalue weighted by Gasteiger charge is 2.45. The fourth-order valence-electron chi connectivity index (χ4n) is 5.60. The standard InChI is InChI=1S/C33H31Cl2N5O4/c1-43-20-23-14-28(37-15-24(23)19-41)31(42)39-33(12-5-7-26(30(33)35)25-6-3-4-8-27(25)34)29-10-9-22(32(38-29)44-2)18-40-16-21(17-40)11-13-36/h3-10,12,14-15,19,21,30H,11,16-18,20H2,1-2H3,(H,39,42). The molecule has 1 saturated heterocycles. The van der Waals surface area contributed by atoms with Crippen LogP contribution in [0.1, 0.15) is 49.7 Å². The van der Waals surface area contributed by atoms with E-state index in [-0.39, 0.29) is 12.3 Å².